The van der Waals surface area contributed by atoms with Gasteiger partial charge >= 0.3 is 5.88 Å². The number of carbonyl (C=O) groups is 1. The van der Waals surface area contributed by atoms with Gasteiger partial charge in [-0.1, -0.05) is 32.6 Å². The number of methoxy groups -OCH3 is 4. The number of nitro groups is 1. The molecule has 4 rings (SSSR count). The van der Waals surface area contributed by atoms with Crippen molar-refractivity contribution in [3.05, 3.63) is 69.1 Å². The lowest BCUT2D eigenvalue weighted by Gasteiger charge is -2.35. The Morgan fingerprint density at radius 1 is 1.00 bits per heavy atom. The van der Waals surface area contributed by atoms with Crippen LogP contribution in [0.1, 0.15) is 48.1 Å². The summed E-state index contributed by atoms with van der Waals surface area (Å²) in [4.78, 5) is 24.7. The Labute approximate surface area is 262 Å². The fraction of sp³-hybridized carbons (Fsp3) is 0.375. The highest BCUT2D eigenvalue weighted by Gasteiger charge is 2.36. The summed E-state index contributed by atoms with van der Waals surface area (Å²) >= 11 is 0. The van der Waals surface area contributed by atoms with E-state index in [0.717, 1.165) is 0 Å². The van der Waals surface area contributed by atoms with Crippen molar-refractivity contribution in [2.45, 2.75) is 45.4 Å². The van der Waals surface area contributed by atoms with Crippen LogP contribution in [-0.2, 0) is 11.0 Å². The number of aromatic nitrogens is 2. The summed E-state index contributed by atoms with van der Waals surface area (Å²) in [5, 5.41) is 16.5. The predicted octanol–water partition coefficient (Wildman–Crippen LogP) is 6.22. The van der Waals surface area contributed by atoms with Crippen LogP contribution in [-0.4, -0.2) is 63.9 Å². The fourth-order valence-electron chi connectivity index (χ4n) is 4.43. The van der Waals surface area contributed by atoms with Crippen LogP contribution in [0.15, 0.2) is 40.8 Å². The molecular formula is C32H37N3O9Si. The molecule has 0 aliphatic rings. The van der Waals surface area contributed by atoms with Gasteiger partial charge in [-0.05, 0) is 48.5 Å². The maximum Gasteiger partial charge on any atom is 0.433 e. The number of hydrogen-bond donors (Lipinski definition) is 0. The fourth-order valence-corrected chi connectivity index (χ4v) is 5.30. The highest BCUT2D eigenvalue weighted by molar-refractivity contribution is 6.74. The lowest BCUT2D eigenvalue weighted by molar-refractivity contribution is -0.402. The van der Waals surface area contributed by atoms with Crippen molar-refractivity contribution in [1.29, 1.82) is 0 Å². The molecule has 2 aromatic heterocycles. The van der Waals surface area contributed by atoms with E-state index in [1.54, 1.807) is 24.3 Å². The van der Waals surface area contributed by atoms with Crippen LogP contribution < -0.4 is 18.9 Å². The molecule has 0 aliphatic heterocycles. The molecule has 4 aromatic rings. The summed E-state index contributed by atoms with van der Waals surface area (Å²) in [6.45, 7) is 10.9. The van der Waals surface area contributed by atoms with Gasteiger partial charge in [0.1, 0.15) is 22.1 Å². The molecule has 2 heterocycles. The minimum absolute atomic E-state index is 0.0126. The smallest absolute Gasteiger partial charge is 0.433 e. The Kier molecular flexibility index (Phi) is 9.60. The zero-order chi connectivity index (χ0) is 33.1. The van der Waals surface area contributed by atoms with Gasteiger partial charge in [-0.3, -0.25) is 19.6 Å². The third-order valence-corrected chi connectivity index (χ3v) is 12.4. The lowest BCUT2D eigenvalue weighted by Crippen LogP contribution is -2.40. The van der Waals surface area contributed by atoms with Crippen LogP contribution in [0.25, 0.3) is 10.9 Å². The van der Waals surface area contributed by atoms with E-state index in [0.29, 0.717) is 39.5 Å². The highest BCUT2D eigenvalue weighted by atomic mass is 28.4. The van der Waals surface area contributed by atoms with Crippen LogP contribution in [0.3, 0.4) is 0 Å². The van der Waals surface area contributed by atoms with Crippen molar-refractivity contribution in [3.8, 4) is 34.8 Å². The van der Waals surface area contributed by atoms with Gasteiger partial charge in [-0.15, -0.1) is 0 Å². The number of carbonyl (C=O) groups excluding carboxylic acids is 1. The molecular weight excluding hydrogens is 598 g/mol. The van der Waals surface area contributed by atoms with Crippen molar-refractivity contribution >= 4 is 30.9 Å². The second-order valence-corrected chi connectivity index (χ2v) is 16.4. The van der Waals surface area contributed by atoms with Crippen LogP contribution in [0.5, 0.6) is 23.0 Å². The van der Waals surface area contributed by atoms with E-state index < -0.39 is 24.9 Å². The summed E-state index contributed by atoms with van der Waals surface area (Å²) in [7, 11) is 3.87. The van der Waals surface area contributed by atoms with E-state index in [2.05, 4.69) is 50.8 Å². The van der Waals surface area contributed by atoms with Crippen molar-refractivity contribution in [3.63, 3.8) is 0 Å². The molecule has 0 amide bonds. The SMILES string of the molecule is COc1cc(C(=O)c2nn(Cc3ccc([N+](=O)[O-])o3)c3c(C#CCO[Si](C)(C)C(C)(C)C)c(OC)ccc23)cc(OC)c1OC. The van der Waals surface area contributed by atoms with Gasteiger partial charge in [-0.25, -0.2) is 0 Å². The number of ether oxygens (including phenoxy) is 4. The zero-order valence-corrected chi connectivity index (χ0v) is 27.9. The van der Waals surface area contributed by atoms with Crippen molar-refractivity contribution in [2.24, 2.45) is 0 Å². The topological polar surface area (TPSA) is 137 Å². The summed E-state index contributed by atoms with van der Waals surface area (Å²) in [6.07, 6.45) is 0. The minimum atomic E-state index is -2.05. The second kappa shape index (κ2) is 13.1. The van der Waals surface area contributed by atoms with Gasteiger partial charge in [0.05, 0.1) is 58.7 Å². The molecule has 2 aromatic carbocycles. The predicted molar refractivity (Wildman–Crippen MR) is 170 cm³/mol. The number of ketones is 1. The normalized spacial score (nSPS) is 11.6. The largest absolute Gasteiger partial charge is 0.495 e. The van der Waals surface area contributed by atoms with Crippen molar-refractivity contribution < 1.29 is 37.5 Å². The first-order valence-electron chi connectivity index (χ1n) is 14.0. The quantitative estimate of drug-likeness (QED) is 0.0613. The van der Waals surface area contributed by atoms with Gasteiger partial charge in [-0.2, -0.15) is 5.10 Å². The molecule has 0 radical (unpaired) electrons. The molecule has 45 heavy (non-hydrogen) atoms. The third kappa shape index (κ3) is 6.67. The van der Waals surface area contributed by atoms with Gasteiger partial charge in [0, 0.05) is 10.9 Å². The van der Waals surface area contributed by atoms with Crippen molar-refractivity contribution in [1.82, 2.24) is 9.78 Å². The Morgan fingerprint density at radius 2 is 1.64 bits per heavy atom. The molecule has 238 valence electrons. The molecule has 0 atom stereocenters. The van der Waals surface area contributed by atoms with E-state index in [9.17, 15) is 14.9 Å². The molecule has 0 bridgehead atoms. The lowest BCUT2D eigenvalue weighted by atomic mass is 10.0. The summed E-state index contributed by atoms with van der Waals surface area (Å²) in [5.41, 5.74) is 1.33. The maximum atomic E-state index is 14.1. The molecule has 0 aliphatic carbocycles. The summed E-state index contributed by atoms with van der Waals surface area (Å²) < 4.78 is 35.2. The van der Waals surface area contributed by atoms with E-state index in [-0.39, 0.29) is 35.2 Å². The van der Waals surface area contributed by atoms with E-state index in [4.69, 9.17) is 27.8 Å². The highest BCUT2D eigenvalue weighted by Crippen LogP contribution is 2.40. The number of nitrogens with zero attached hydrogens (tertiary/aromatic N) is 3. The molecule has 12 nitrogen and oxygen atoms in total. The molecule has 0 saturated carbocycles. The molecule has 0 unspecified atom stereocenters. The zero-order valence-electron chi connectivity index (χ0n) is 26.9. The summed E-state index contributed by atoms with van der Waals surface area (Å²) in [6, 6.07) is 9.30. The number of hydrogen-bond acceptors (Lipinski definition) is 10. The van der Waals surface area contributed by atoms with Crippen LogP contribution >= 0.6 is 0 Å². The molecule has 0 fully saturated rings. The van der Waals surface area contributed by atoms with Crippen LogP contribution in [0, 0.1) is 22.0 Å². The van der Waals surface area contributed by atoms with E-state index in [1.165, 1.54) is 45.3 Å². The second-order valence-electron chi connectivity index (χ2n) is 11.6. The van der Waals surface area contributed by atoms with E-state index in [1.807, 2.05) is 0 Å². The Hall–Kier alpha value is -4.80. The molecule has 13 heteroatoms. The van der Waals surface area contributed by atoms with Crippen LogP contribution in [0.2, 0.25) is 18.1 Å². The van der Waals surface area contributed by atoms with E-state index >= 15 is 0 Å². The Bertz CT molecular complexity index is 1780. The number of fused-ring (bicyclic) bond motifs is 1. The molecule has 0 saturated heterocycles. The first-order valence-corrected chi connectivity index (χ1v) is 16.9. The third-order valence-electron chi connectivity index (χ3n) is 7.89. The Balaban J connectivity index is 1.90. The minimum Gasteiger partial charge on any atom is -0.495 e. The van der Waals surface area contributed by atoms with Crippen molar-refractivity contribution in [2.75, 3.05) is 35.0 Å². The van der Waals surface area contributed by atoms with Gasteiger partial charge in [0.25, 0.3) is 0 Å². The average molecular weight is 636 g/mol. The molecule has 0 spiro atoms. The van der Waals surface area contributed by atoms with Gasteiger partial charge in [0.15, 0.2) is 19.8 Å². The maximum absolute atomic E-state index is 14.1. The van der Waals surface area contributed by atoms with Gasteiger partial charge in [0.2, 0.25) is 11.5 Å². The monoisotopic (exact) mass is 635 g/mol. The number of rotatable bonds is 11. The summed E-state index contributed by atoms with van der Waals surface area (Å²) in [5.74, 6) is 7.15. The molecule has 0 N–H and O–H groups in total. The van der Waals surface area contributed by atoms with Crippen LogP contribution in [0.4, 0.5) is 5.88 Å². The standard InChI is InChI=1S/C32H37N3O9Si/c1-32(2,3)45(8,9)43-16-10-11-22-24(39-4)14-13-23-28(30(36)20-17-25(40-5)31(42-7)26(18-20)41-6)33-34(29(22)23)19-21-12-15-27(44-21)35(37)38/h12-15,17-18H,16,19H2,1-9H3. The first-order chi connectivity index (χ1) is 21.3. The van der Waals surface area contributed by atoms with Gasteiger partial charge < -0.3 is 27.8 Å². The number of benzene rings is 2. The Morgan fingerprint density at radius 3 is 2.18 bits per heavy atom. The number of furan rings is 1. The first kappa shape index (κ1) is 33.1. The average Bonchev–Trinajstić information content (AvgIpc) is 3.62.